The maximum absolute atomic E-state index is 12.6. The zero-order chi connectivity index (χ0) is 39.3. The highest BCUT2D eigenvalue weighted by Gasteiger charge is 2.13. The Morgan fingerprint density at radius 1 is 0.537 bits per heavy atom. The normalized spacial score (nSPS) is 12.5. The Labute approximate surface area is 335 Å². The van der Waals surface area contributed by atoms with Crippen molar-refractivity contribution in [2.75, 3.05) is 59.2 Å². The van der Waals surface area contributed by atoms with E-state index in [2.05, 4.69) is 43.5 Å². The fraction of sp³-hybridized carbons (Fsp3) is 0.894. The molecule has 0 heterocycles. The Bertz CT molecular complexity index is 786. The van der Waals surface area contributed by atoms with E-state index in [0.717, 1.165) is 19.4 Å². The molecule has 0 aliphatic rings. The van der Waals surface area contributed by atoms with Crippen LogP contribution < -0.4 is 5.32 Å². The Morgan fingerprint density at radius 3 is 1.39 bits per heavy atom. The molecule has 0 aromatic carbocycles. The third-order valence-corrected chi connectivity index (χ3v) is 10.4. The molecule has 0 aromatic rings. The second-order valence-electron chi connectivity index (χ2n) is 15.6. The minimum atomic E-state index is -0.133. The summed E-state index contributed by atoms with van der Waals surface area (Å²) in [5, 5.41) is 21.5. The average molecular weight is 765 g/mol. The molecule has 0 radical (unpaired) electrons. The number of amides is 1. The molecule has 0 spiro atoms. The summed E-state index contributed by atoms with van der Waals surface area (Å²) in [4.78, 5) is 14.6. The minimum Gasteiger partial charge on any atom is -0.395 e. The molecule has 320 valence electrons. The molecule has 1 unspecified atom stereocenters. The predicted octanol–water partition coefficient (Wildman–Crippen LogP) is 11.6. The average Bonchev–Trinajstić information content (AvgIpc) is 3.17. The van der Waals surface area contributed by atoms with Gasteiger partial charge in [0.15, 0.2) is 0 Å². The van der Waals surface area contributed by atoms with E-state index in [4.69, 9.17) is 9.47 Å². The molecule has 0 rings (SSSR count). The zero-order valence-electron chi connectivity index (χ0n) is 36.0. The number of hydrogen-bond acceptors (Lipinski definition) is 6. The van der Waals surface area contributed by atoms with Gasteiger partial charge in [-0.15, -0.1) is 0 Å². The predicted molar refractivity (Wildman–Crippen MR) is 232 cm³/mol. The van der Waals surface area contributed by atoms with Gasteiger partial charge in [-0.3, -0.25) is 9.69 Å². The Balaban J connectivity index is 4.15. The number of carbonyl (C=O) groups excluding carboxylic acids is 1. The van der Waals surface area contributed by atoms with Crippen molar-refractivity contribution in [3.63, 3.8) is 0 Å². The highest BCUT2D eigenvalue weighted by molar-refractivity contribution is 5.75. The van der Waals surface area contributed by atoms with Crippen molar-refractivity contribution in [2.45, 2.75) is 213 Å². The van der Waals surface area contributed by atoms with E-state index >= 15 is 0 Å². The Hall–Kier alpha value is -1.25. The van der Waals surface area contributed by atoms with E-state index in [9.17, 15) is 15.0 Å². The number of hydrogen-bond donors (Lipinski definition) is 3. The molecule has 7 nitrogen and oxygen atoms in total. The number of nitrogens with one attached hydrogen (secondary N) is 1. The molecule has 0 bridgehead atoms. The van der Waals surface area contributed by atoms with Crippen LogP contribution in [0.1, 0.15) is 206 Å². The molecule has 54 heavy (non-hydrogen) atoms. The maximum Gasteiger partial charge on any atom is 0.220 e. The quantitative estimate of drug-likeness (QED) is 0.0422. The van der Waals surface area contributed by atoms with Crippen LogP contribution in [-0.4, -0.2) is 86.3 Å². The monoisotopic (exact) mass is 765 g/mol. The smallest absolute Gasteiger partial charge is 0.220 e. The van der Waals surface area contributed by atoms with Gasteiger partial charge in [0.1, 0.15) is 0 Å². The van der Waals surface area contributed by atoms with Crippen LogP contribution in [0.15, 0.2) is 24.3 Å². The molecule has 0 fully saturated rings. The summed E-state index contributed by atoms with van der Waals surface area (Å²) in [6.07, 6.45) is 46.8. The van der Waals surface area contributed by atoms with Crippen LogP contribution in [0.2, 0.25) is 0 Å². The van der Waals surface area contributed by atoms with Crippen molar-refractivity contribution < 1.29 is 24.5 Å². The summed E-state index contributed by atoms with van der Waals surface area (Å²) in [5.41, 5.74) is 0. The summed E-state index contributed by atoms with van der Waals surface area (Å²) < 4.78 is 12.3. The van der Waals surface area contributed by atoms with Gasteiger partial charge in [-0.05, 0) is 77.2 Å². The van der Waals surface area contributed by atoms with Gasteiger partial charge < -0.3 is 25.0 Å². The first kappa shape index (κ1) is 52.8. The van der Waals surface area contributed by atoms with Gasteiger partial charge in [-0.1, -0.05) is 154 Å². The summed E-state index contributed by atoms with van der Waals surface area (Å²) in [6.45, 7) is 8.81. The molecular weight excluding hydrogens is 673 g/mol. The molecule has 0 saturated carbocycles. The second kappa shape index (κ2) is 46.1. The third kappa shape index (κ3) is 41.9. The number of carbonyl (C=O) groups is 1. The fourth-order valence-electron chi connectivity index (χ4n) is 6.83. The van der Waals surface area contributed by atoms with Crippen LogP contribution in [0.5, 0.6) is 0 Å². The fourth-order valence-corrected chi connectivity index (χ4v) is 6.83. The standard InChI is InChI=1S/C47H92N2O5/c1-3-5-7-9-11-13-15-17-19-21-23-25-27-29-31-33-42-53-45-46(44-48-47(52)36-35-37-49(38-40-50)39-41-51)54-43-34-32-30-28-26-24-22-20-18-16-14-12-10-8-6-4-2/h17-20,46,50-51H,3-16,21-45H2,1-2H3,(H,48,52)/b19-17-,20-18-. The van der Waals surface area contributed by atoms with E-state index in [1.165, 1.54) is 167 Å². The van der Waals surface area contributed by atoms with E-state index in [1.807, 2.05) is 4.90 Å². The van der Waals surface area contributed by atoms with Gasteiger partial charge in [0, 0.05) is 39.3 Å². The van der Waals surface area contributed by atoms with Crippen LogP contribution in [0.3, 0.4) is 0 Å². The van der Waals surface area contributed by atoms with E-state index in [1.54, 1.807) is 0 Å². The topological polar surface area (TPSA) is 91.3 Å². The maximum atomic E-state index is 12.6. The lowest BCUT2D eigenvalue weighted by Gasteiger charge is -2.20. The molecule has 0 saturated heterocycles. The lowest BCUT2D eigenvalue weighted by Crippen LogP contribution is -2.37. The van der Waals surface area contributed by atoms with Crippen molar-refractivity contribution in [2.24, 2.45) is 0 Å². The molecule has 1 atom stereocenters. The van der Waals surface area contributed by atoms with Gasteiger partial charge >= 0.3 is 0 Å². The van der Waals surface area contributed by atoms with Crippen LogP contribution in [0.25, 0.3) is 0 Å². The first-order valence-electron chi connectivity index (χ1n) is 23.4. The number of nitrogens with zero attached hydrogens (tertiary/aromatic N) is 1. The van der Waals surface area contributed by atoms with E-state index < -0.39 is 0 Å². The largest absolute Gasteiger partial charge is 0.395 e. The van der Waals surface area contributed by atoms with Crippen LogP contribution >= 0.6 is 0 Å². The van der Waals surface area contributed by atoms with Gasteiger partial charge in [-0.25, -0.2) is 0 Å². The summed E-state index contributed by atoms with van der Waals surface area (Å²) >= 11 is 0. The highest BCUT2D eigenvalue weighted by atomic mass is 16.5. The number of aliphatic hydroxyl groups is 2. The number of ether oxygens (including phenoxy) is 2. The van der Waals surface area contributed by atoms with Crippen molar-refractivity contribution >= 4 is 5.91 Å². The van der Waals surface area contributed by atoms with E-state index in [-0.39, 0.29) is 25.2 Å². The number of aliphatic hydroxyl groups excluding tert-OH is 2. The molecular formula is C47H92N2O5. The molecule has 3 N–H and O–H groups in total. The van der Waals surface area contributed by atoms with Crippen LogP contribution in [-0.2, 0) is 14.3 Å². The van der Waals surface area contributed by atoms with Crippen molar-refractivity contribution in [1.82, 2.24) is 10.2 Å². The number of unbranched alkanes of at least 4 members (excludes halogenated alkanes) is 24. The molecule has 1 amide bonds. The van der Waals surface area contributed by atoms with Crippen LogP contribution in [0, 0.1) is 0 Å². The second-order valence-corrected chi connectivity index (χ2v) is 15.6. The first-order chi connectivity index (χ1) is 26.7. The SMILES string of the molecule is CCCCCCCC/C=C\CCCCCCCCOCC(CNC(=O)CCCN(CCO)CCO)OCCCCCCCC/C=C\CCCCCCCC. The Morgan fingerprint density at radius 2 is 0.944 bits per heavy atom. The summed E-state index contributed by atoms with van der Waals surface area (Å²) in [5.74, 6) is 0.0158. The third-order valence-electron chi connectivity index (χ3n) is 10.4. The zero-order valence-corrected chi connectivity index (χ0v) is 36.0. The first-order valence-corrected chi connectivity index (χ1v) is 23.4. The number of allylic oxidation sites excluding steroid dienone is 4. The van der Waals surface area contributed by atoms with Gasteiger partial charge in [0.25, 0.3) is 0 Å². The van der Waals surface area contributed by atoms with Gasteiger partial charge in [-0.2, -0.15) is 0 Å². The lowest BCUT2D eigenvalue weighted by molar-refractivity contribution is -0.122. The summed E-state index contributed by atoms with van der Waals surface area (Å²) in [6, 6.07) is 0. The molecule has 7 heteroatoms. The van der Waals surface area contributed by atoms with Crippen molar-refractivity contribution in [1.29, 1.82) is 0 Å². The Kier molecular flexibility index (Phi) is 45.1. The van der Waals surface area contributed by atoms with Gasteiger partial charge in [0.2, 0.25) is 5.91 Å². The minimum absolute atomic E-state index is 0.0158. The lowest BCUT2D eigenvalue weighted by atomic mass is 10.1. The molecule has 0 aliphatic heterocycles. The van der Waals surface area contributed by atoms with E-state index in [0.29, 0.717) is 52.2 Å². The number of rotatable bonds is 45. The summed E-state index contributed by atoms with van der Waals surface area (Å²) in [7, 11) is 0. The van der Waals surface area contributed by atoms with Gasteiger partial charge in [0.05, 0.1) is 25.9 Å². The molecule has 0 aromatic heterocycles. The van der Waals surface area contributed by atoms with Crippen LogP contribution in [0.4, 0.5) is 0 Å². The highest BCUT2D eigenvalue weighted by Crippen LogP contribution is 2.12. The van der Waals surface area contributed by atoms with Crippen molar-refractivity contribution in [3.05, 3.63) is 24.3 Å². The molecule has 0 aliphatic carbocycles. The van der Waals surface area contributed by atoms with Crippen molar-refractivity contribution in [3.8, 4) is 0 Å².